The lowest BCUT2D eigenvalue weighted by Crippen LogP contribution is -2.06. The predicted molar refractivity (Wildman–Crippen MR) is 123 cm³/mol. The first kappa shape index (κ1) is 24.7. The molecule has 0 aliphatic heterocycles. The van der Waals surface area contributed by atoms with Crippen LogP contribution in [0.25, 0.3) is 0 Å². The largest absolute Gasteiger partial charge is 0.493 e. The molecular weight excluding hydrogens is 412 g/mol. The minimum Gasteiger partial charge on any atom is -0.493 e. The van der Waals surface area contributed by atoms with E-state index in [-0.39, 0.29) is 6.42 Å². The fourth-order valence-electron chi connectivity index (χ4n) is 2.81. The lowest BCUT2D eigenvalue weighted by atomic mass is 10.1. The van der Waals surface area contributed by atoms with Crippen molar-refractivity contribution in [2.45, 2.75) is 32.6 Å². The van der Waals surface area contributed by atoms with Crippen molar-refractivity contribution in [1.29, 1.82) is 0 Å². The SMILES string of the molecule is COc1ccc(/C(C)=N/OCCCCO/N=C(/CCC(=O)O)c2ccccc2)cc1OC. The summed E-state index contributed by atoms with van der Waals surface area (Å²) in [6.07, 6.45) is 1.79. The zero-order valence-electron chi connectivity index (χ0n) is 18.7. The Labute approximate surface area is 188 Å². The Bertz CT molecular complexity index is 912. The van der Waals surface area contributed by atoms with Crippen molar-refractivity contribution in [1.82, 2.24) is 0 Å². The summed E-state index contributed by atoms with van der Waals surface area (Å²) in [5.74, 6) is 0.427. The van der Waals surface area contributed by atoms with Crippen LogP contribution in [0.3, 0.4) is 0 Å². The Kier molecular flexibility index (Phi) is 10.6. The molecule has 0 aliphatic carbocycles. The molecule has 0 bridgehead atoms. The molecule has 8 heteroatoms. The van der Waals surface area contributed by atoms with Gasteiger partial charge in [0.25, 0.3) is 0 Å². The second-order valence-corrected chi connectivity index (χ2v) is 6.92. The van der Waals surface area contributed by atoms with Crippen LogP contribution in [0.1, 0.15) is 43.7 Å². The maximum absolute atomic E-state index is 10.9. The molecule has 0 amide bonds. The number of hydrogen-bond donors (Lipinski definition) is 1. The topological polar surface area (TPSA) is 98.9 Å². The zero-order valence-corrected chi connectivity index (χ0v) is 18.7. The molecule has 0 saturated carbocycles. The van der Waals surface area contributed by atoms with Gasteiger partial charge in [0.05, 0.1) is 32.1 Å². The molecule has 0 unspecified atom stereocenters. The number of carboxylic acid groups (broad SMARTS) is 1. The molecule has 0 saturated heterocycles. The fraction of sp³-hybridized carbons (Fsp3) is 0.375. The maximum Gasteiger partial charge on any atom is 0.303 e. The number of benzene rings is 2. The summed E-state index contributed by atoms with van der Waals surface area (Å²) in [5, 5.41) is 17.2. The van der Waals surface area contributed by atoms with Gasteiger partial charge in [-0.25, -0.2) is 0 Å². The summed E-state index contributed by atoms with van der Waals surface area (Å²) in [6, 6.07) is 15.0. The second kappa shape index (κ2) is 13.7. The number of carboxylic acids is 1. The highest BCUT2D eigenvalue weighted by molar-refractivity contribution is 6.01. The first-order valence-corrected chi connectivity index (χ1v) is 10.4. The Morgan fingerprint density at radius 2 is 1.50 bits per heavy atom. The van der Waals surface area contributed by atoms with E-state index >= 15 is 0 Å². The van der Waals surface area contributed by atoms with E-state index in [0.29, 0.717) is 36.8 Å². The van der Waals surface area contributed by atoms with Crippen LogP contribution in [0.5, 0.6) is 11.5 Å². The lowest BCUT2D eigenvalue weighted by Gasteiger charge is -2.09. The van der Waals surface area contributed by atoms with Gasteiger partial charge in [-0.05, 0) is 43.5 Å². The Balaban J connectivity index is 1.75. The van der Waals surface area contributed by atoms with Gasteiger partial charge in [-0.2, -0.15) is 0 Å². The number of methoxy groups -OCH3 is 2. The molecule has 0 aliphatic rings. The number of ether oxygens (including phenoxy) is 2. The third kappa shape index (κ3) is 8.29. The summed E-state index contributed by atoms with van der Waals surface area (Å²) < 4.78 is 10.5. The molecule has 0 spiro atoms. The summed E-state index contributed by atoms with van der Waals surface area (Å²) in [4.78, 5) is 21.7. The van der Waals surface area contributed by atoms with Crippen molar-refractivity contribution in [3.63, 3.8) is 0 Å². The normalized spacial score (nSPS) is 11.7. The third-order valence-electron chi connectivity index (χ3n) is 4.58. The van der Waals surface area contributed by atoms with Gasteiger partial charge in [-0.1, -0.05) is 40.6 Å². The monoisotopic (exact) mass is 442 g/mol. The van der Waals surface area contributed by atoms with Crippen LogP contribution in [-0.2, 0) is 14.5 Å². The summed E-state index contributed by atoms with van der Waals surface area (Å²) in [5.41, 5.74) is 3.10. The van der Waals surface area contributed by atoms with Crippen LogP contribution in [0.15, 0.2) is 58.8 Å². The van der Waals surface area contributed by atoms with Crippen LogP contribution < -0.4 is 9.47 Å². The summed E-state index contributed by atoms with van der Waals surface area (Å²) in [7, 11) is 3.18. The quantitative estimate of drug-likeness (QED) is 0.263. The van der Waals surface area contributed by atoms with Crippen LogP contribution >= 0.6 is 0 Å². The summed E-state index contributed by atoms with van der Waals surface area (Å²) >= 11 is 0. The Hall–Kier alpha value is -3.55. The molecule has 8 nitrogen and oxygen atoms in total. The molecule has 0 radical (unpaired) electrons. The van der Waals surface area contributed by atoms with Gasteiger partial charge in [0, 0.05) is 12.0 Å². The van der Waals surface area contributed by atoms with E-state index in [4.69, 9.17) is 24.3 Å². The zero-order chi connectivity index (χ0) is 23.2. The maximum atomic E-state index is 10.9. The highest BCUT2D eigenvalue weighted by Crippen LogP contribution is 2.27. The van der Waals surface area contributed by atoms with E-state index in [0.717, 1.165) is 29.7 Å². The van der Waals surface area contributed by atoms with Crippen LogP contribution in [0.4, 0.5) is 0 Å². The van der Waals surface area contributed by atoms with Gasteiger partial charge in [0.2, 0.25) is 0 Å². The molecule has 0 aromatic heterocycles. The molecular formula is C24H30N2O6. The standard InChI is InChI=1S/C24H30N2O6/c1-18(20-11-13-22(29-2)23(17-20)30-3)25-31-15-7-8-16-32-26-21(12-14-24(27)28)19-9-5-4-6-10-19/h4-6,9-11,13,17H,7-8,12,14-16H2,1-3H3,(H,27,28)/b25-18+,26-21-. The molecule has 32 heavy (non-hydrogen) atoms. The van der Waals surface area contributed by atoms with Crippen molar-refractivity contribution >= 4 is 17.4 Å². The summed E-state index contributed by atoms with van der Waals surface area (Å²) in [6.45, 7) is 2.72. The average Bonchev–Trinajstić information content (AvgIpc) is 2.82. The molecule has 0 atom stereocenters. The van der Waals surface area contributed by atoms with Crippen LogP contribution in [0.2, 0.25) is 0 Å². The minimum absolute atomic E-state index is 0.00233. The molecule has 0 heterocycles. The number of nitrogens with zero attached hydrogens (tertiary/aromatic N) is 2. The van der Waals surface area contributed by atoms with E-state index in [1.807, 2.05) is 55.5 Å². The molecule has 2 aromatic rings. The van der Waals surface area contributed by atoms with Crippen molar-refractivity contribution < 1.29 is 29.0 Å². The number of hydrogen-bond acceptors (Lipinski definition) is 7. The van der Waals surface area contributed by atoms with Crippen LogP contribution in [-0.4, -0.2) is 49.9 Å². The number of unbranched alkanes of at least 4 members (excludes halogenated alkanes) is 1. The molecule has 172 valence electrons. The first-order valence-electron chi connectivity index (χ1n) is 10.4. The second-order valence-electron chi connectivity index (χ2n) is 6.92. The van der Waals surface area contributed by atoms with Gasteiger partial charge >= 0.3 is 5.97 Å². The Morgan fingerprint density at radius 1 is 0.844 bits per heavy atom. The smallest absolute Gasteiger partial charge is 0.303 e. The van der Waals surface area contributed by atoms with Gasteiger partial charge in [0.1, 0.15) is 13.2 Å². The first-order chi connectivity index (χ1) is 15.5. The molecule has 0 fully saturated rings. The Morgan fingerprint density at radius 3 is 2.12 bits per heavy atom. The van der Waals surface area contributed by atoms with E-state index in [1.165, 1.54) is 0 Å². The predicted octanol–water partition coefficient (Wildman–Crippen LogP) is 4.51. The van der Waals surface area contributed by atoms with Crippen LogP contribution in [0, 0.1) is 0 Å². The molecule has 2 aromatic carbocycles. The average molecular weight is 443 g/mol. The highest BCUT2D eigenvalue weighted by Gasteiger charge is 2.08. The van der Waals surface area contributed by atoms with Crippen molar-refractivity contribution in [3.8, 4) is 11.5 Å². The van der Waals surface area contributed by atoms with Crippen molar-refractivity contribution in [2.24, 2.45) is 10.3 Å². The number of aliphatic carboxylic acids is 1. The van der Waals surface area contributed by atoms with E-state index in [1.54, 1.807) is 14.2 Å². The third-order valence-corrected chi connectivity index (χ3v) is 4.58. The van der Waals surface area contributed by atoms with E-state index < -0.39 is 5.97 Å². The highest BCUT2D eigenvalue weighted by atomic mass is 16.6. The molecule has 1 N–H and O–H groups in total. The number of carbonyl (C=O) groups is 1. The van der Waals surface area contributed by atoms with Gasteiger partial charge in [-0.3, -0.25) is 4.79 Å². The van der Waals surface area contributed by atoms with E-state index in [9.17, 15) is 4.79 Å². The number of oxime groups is 2. The lowest BCUT2D eigenvalue weighted by molar-refractivity contribution is -0.136. The van der Waals surface area contributed by atoms with Gasteiger partial charge in [-0.15, -0.1) is 0 Å². The van der Waals surface area contributed by atoms with Crippen molar-refractivity contribution in [2.75, 3.05) is 27.4 Å². The fourth-order valence-corrected chi connectivity index (χ4v) is 2.81. The number of rotatable bonds is 14. The molecule has 2 rings (SSSR count). The van der Waals surface area contributed by atoms with E-state index in [2.05, 4.69) is 10.3 Å². The minimum atomic E-state index is -0.866. The van der Waals surface area contributed by atoms with Crippen molar-refractivity contribution in [3.05, 3.63) is 59.7 Å². The van der Waals surface area contributed by atoms with Gasteiger partial charge in [0.15, 0.2) is 11.5 Å². The van der Waals surface area contributed by atoms with Gasteiger partial charge < -0.3 is 24.3 Å².